The minimum absolute atomic E-state index is 0.115. The van der Waals surface area contributed by atoms with Gasteiger partial charge in [-0.1, -0.05) is 40.2 Å². The summed E-state index contributed by atoms with van der Waals surface area (Å²) in [5.74, 6) is 0.675. The average molecular weight is 400 g/mol. The third-order valence-electron chi connectivity index (χ3n) is 3.82. The summed E-state index contributed by atoms with van der Waals surface area (Å²) in [5, 5.41) is 0. The summed E-state index contributed by atoms with van der Waals surface area (Å²) < 4.78 is 19.4. The van der Waals surface area contributed by atoms with Gasteiger partial charge in [-0.15, -0.1) is 0 Å². The number of benzene rings is 2. The smallest absolute Gasteiger partial charge is 0.141 e. The van der Waals surface area contributed by atoms with Crippen molar-refractivity contribution < 1.29 is 9.13 Å². The van der Waals surface area contributed by atoms with Crippen molar-refractivity contribution in [2.45, 2.75) is 17.2 Å². The molecular formula is C16H13Br2FO. The van der Waals surface area contributed by atoms with Crippen LogP contribution in [0.4, 0.5) is 4.39 Å². The van der Waals surface area contributed by atoms with E-state index >= 15 is 0 Å². The molecule has 3 rings (SSSR count). The highest BCUT2D eigenvalue weighted by Gasteiger charge is 2.33. The number of hydrogen-bond donors (Lipinski definition) is 0. The number of ether oxygens (including phenoxy) is 1. The molecule has 1 aliphatic carbocycles. The van der Waals surface area contributed by atoms with E-state index in [1.54, 1.807) is 13.2 Å². The van der Waals surface area contributed by atoms with E-state index in [0.717, 1.165) is 12.0 Å². The van der Waals surface area contributed by atoms with E-state index in [1.165, 1.54) is 17.2 Å². The average Bonchev–Trinajstić information content (AvgIpc) is 2.42. The van der Waals surface area contributed by atoms with Gasteiger partial charge < -0.3 is 4.74 Å². The number of methoxy groups -OCH3 is 1. The van der Waals surface area contributed by atoms with Gasteiger partial charge in [0.15, 0.2) is 0 Å². The topological polar surface area (TPSA) is 9.23 Å². The van der Waals surface area contributed by atoms with Crippen molar-refractivity contribution in [3.63, 3.8) is 0 Å². The summed E-state index contributed by atoms with van der Waals surface area (Å²) in [6, 6.07) is 11.7. The van der Waals surface area contributed by atoms with E-state index in [4.69, 9.17) is 4.74 Å². The normalized spacial score (nSPS) is 18.1. The lowest BCUT2D eigenvalue weighted by Crippen LogP contribution is -2.21. The maximum Gasteiger partial charge on any atom is 0.141 e. The SMILES string of the molecule is COc1cc(F)c(Br)cc1C(Br)C1Cc2ccccc21. The zero-order chi connectivity index (χ0) is 14.3. The summed E-state index contributed by atoms with van der Waals surface area (Å²) in [6.45, 7) is 0. The van der Waals surface area contributed by atoms with Crippen LogP contribution in [0.1, 0.15) is 27.4 Å². The first-order chi connectivity index (χ1) is 9.61. The van der Waals surface area contributed by atoms with Gasteiger partial charge in [-0.3, -0.25) is 0 Å². The van der Waals surface area contributed by atoms with Crippen LogP contribution in [-0.2, 0) is 6.42 Å². The second-order valence-electron chi connectivity index (χ2n) is 4.92. The third-order valence-corrected chi connectivity index (χ3v) is 5.56. The Morgan fingerprint density at radius 2 is 2.05 bits per heavy atom. The Morgan fingerprint density at radius 3 is 2.75 bits per heavy atom. The van der Waals surface area contributed by atoms with E-state index in [0.29, 0.717) is 16.1 Å². The Labute approximate surface area is 134 Å². The van der Waals surface area contributed by atoms with Gasteiger partial charge in [0.25, 0.3) is 0 Å². The fourth-order valence-electron chi connectivity index (χ4n) is 2.71. The van der Waals surface area contributed by atoms with E-state index in [-0.39, 0.29) is 10.6 Å². The third kappa shape index (κ3) is 2.29. The van der Waals surface area contributed by atoms with Gasteiger partial charge in [0.1, 0.15) is 11.6 Å². The summed E-state index contributed by atoms with van der Waals surface area (Å²) in [6.07, 6.45) is 1.03. The zero-order valence-corrected chi connectivity index (χ0v) is 14.0. The number of hydrogen-bond acceptors (Lipinski definition) is 1. The Bertz CT molecular complexity index is 657. The van der Waals surface area contributed by atoms with Gasteiger partial charge in [-0.2, -0.15) is 0 Å². The van der Waals surface area contributed by atoms with Crippen LogP contribution in [0.5, 0.6) is 5.75 Å². The molecule has 1 nitrogen and oxygen atoms in total. The van der Waals surface area contributed by atoms with Crippen LogP contribution in [0.15, 0.2) is 40.9 Å². The highest BCUT2D eigenvalue weighted by Crippen LogP contribution is 2.50. The monoisotopic (exact) mass is 398 g/mol. The molecule has 0 amide bonds. The first-order valence-corrected chi connectivity index (χ1v) is 8.07. The lowest BCUT2D eigenvalue weighted by Gasteiger charge is -2.34. The molecule has 4 heteroatoms. The molecule has 0 aromatic heterocycles. The van der Waals surface area contributed by atoms with Gasteiger partial charge in [0.2, 0.25) is 0 Å². The molecular weight excluding hydrogens is 387 g/mol. The van der Waals surface area contributed by atoms with Gasteiger partial charge in [0, 0.05) is 17.5 Å². The molecule has 0 fully saturated rings. The molecule has 0 spiro atoms. The summed E-state index contributed by atoms with van der Waals surface area (Å²) in [4.78, 5) is 0.115. The van der Waals surface area contributed by atoms with Crippen molar-refractivity contribution in [2.75, 3.05) is 7.11 Å². The van der Waals surface area contributed by atoms with Gasteiger partial charge in [-0.25, -0.2) is 4.39 Å². The molecule has 2 aromatic rings. The zero-order valence-electron chi connectivity index (χ0n) is 10.9. The van der Waals surface area contributed by atoms with Crippen molar-refractivity contribution >= 4 is 31.9 Å². The molecule has 20 heavy (non-hydrogen) atoms. The number of rotatable bonds is 3. The molecule has 0 saturated heterocycles. The van der Waals surface area contributed by atoms with Crippen LogP contribution in [-0.4, -0.2) is 7.11 Å². The van der Waals surface area contributed by atoms with Crippen molar-refractivity contribution in [1.82, 2.24) is 0 Å². The van der Waals surface area contributed by atoms with Crippen molar-refractivity contribution in [3.8, 4) is 5.75 Å². The minimum atomic E-state index is -0.306. The molecule has 2 unspecified atom stereocenters. The second kappa shape index (κ2) is 5.49. The fourth-order valence-corrected chi connectivity index (χ4v) is 3.90. The van der Waals surface area contributed by atoms with Crippen LogP contribution in [0, 0.1) is 5.82 Å². The molecule has 2 aromatic carbocycles. The Kier molecular flexibility index (Phi) is 3.87. The van der Waals surface area contributed by atoms with Crippen molar-refractivity contribution in [2.24, 2.45) is 0 Å². The quantitative estimate of drug-likeness (QED) is 0.630. The van der Waals surface area contributed by atoms with Gasteiger partial charge in [-0.05, 0) is 39.5 Å². The van der Waals surface area contributed by atoms with Crippen molar-refractivity contribution in [1.29, 1.82) is 0 Å². The lowest BCUT2D eigenvalue weighted by molar-refractivity contribution is 0.402. The Balaban J connectivity index is 1.96. The van der Waals surface area contributed by atoms with Crippen molar-refractivity contribution in [3.05, 3.63) is 63.4 Å². The second-order valence-corrected chi connectivity index (χ2v) is 6.76. The van der Waals surface area contributed by atoms with Crippen LogP contribution in [0.25, 0.3) is 0 Å². The molecule has 0 aliphatic heterocycles. The predicted octanol–water partition coefficient (Wildman–Crippen LogP) is 5.37. The predicted molar refractivity (Wildman–Crippen MR) is 85.2 cm³/mol. The molecule has 2 atom stereocenters. The fraction of sp³-hybridized carbons (Fsp3) is 0.250. The van der Waals surface area contributed by atoms with Crippen LogP contribution in [0.3, 0.4) is 0 Å². The molecule has 0 N–H and O–H groups in total. The van der Waals surface area contributed by atoms with E-state index in [2.05, 4.69) is 56.1 Å². The van der Waals surface area contributed by atoms with Crippen LogP contribution >= 0.6 is 31.9 Å². The largest absolute Gasteiger partial charge is 0.496 e. The number of alkyl halides is 1. The maximum absolute atomic E-state index is 13.6. The molecule has 0 bridgehead atoms. The maximum atomic E-state index is 13.6. The Morgan fingerprint density at radius 1 is 1.30 bits per heavy atom. The molecule has 0 heterocycles. The van der Waals surface area contributed by atoms with E-state index in [1.807, 2.05) is 0 Å². The molecule has 104 valence electrons. The van der Waals surface area contributed by atoms with Gasteiger partial charge in [0.05, 0.1) is 16.4 Å². The van der Waals surface area contributed by atoms with E-state index < -0.39 is 0 Å². The number of fused-ring (bicyclic) bond motifs is 1. The highest BCUT2D eigenvalue weighted by atomic mass is 79.9. The summed E-state index contributed by atoms with van der Waals surface area (Å²) in [5.41, 5.74) is 3.72. The molecule has 1 aliphatic rings. The highest BCUT2D eigenvalue weighted by molar-refractivity contribution is 9.10. The van der Waals surface area contributed by atoms with Crippen LogP contribution in [0.2, 0.25) is 0 Å². The molecule has 0 saturated carbocycles. The van der Waals surface area contributed by atoms with E-state index in [9.17, 15) is 4.39 Å². The first-order valence-electron chi connectivity index (χ1n) is 6.36. The van der Waals surface area contributed by atoms with Crippen LogP contribution < -0.4 is 4.74 Å². The number of halogens is 3. The summed E-state index contributed by atoms with van der Waals surface area (Å²) in [7, 11) is 1.57. The first kappa shape index (κ1) is 14.1. The lowest BCUT2D eigenvalue weighted by atomic mass is 9.74. The van der Waals surface area contributed by atoms with Gasteiger partial charge >= 0.3 is 0 Å². The standard InChI is InChI=1S/C16H13Br2FO/c1-20-15-8-14(19)13(17)7-12(15)16(18)11-6-9-4-2-3-5-10(9)11/h2-5,7-8,11,16H,6H2,1H3. The molecule has 0 radical (unpaired) electrons. The Hall–Kier alpha value is -0.870. The minimum Gasteiger partial charge on any atom is -0.496 e. The summed E-state index contributed by atoms with van der Waals surface area (Å²) >= 11 is 7.01.